The molecule has 1 atom stereocenters. The molecular weight excluding hydrogens is 452 g/mol. The lowest BCUT2D eigenvalue weighted by Gasteiger charge is -2.26. The number of aryl methyl sites for hydroxylation is 1. The highest BCUT2D eigenvalue weighted by molar-refractivity contribution is 5.91. The summed E-state index contributed by atoms with van der Waals surface area (Å²) in [5, 5.41) is 9.76. The number of nitrogens with two attached hydrogens (primary N) is 1. The van der Waals surface area contributed by atoms with Gasteiger partial charge in [0.2, 0.25) is 5.88 Å². The molecule has 0 saturated heterocycles. The third-order valence-electron chi connectivity index (χ3n) is 6.23. The number of benzene rings is 3. The number of carbonyl (C=O) groups is 1. The van der Waals surface area contributed by atoms with Crippen molar-refractivity contribution >= 4 is 5.97 Å². The Labute approximate surface area is 211 Å². The number of nitriles is 1. The number of hydrogen-bond donors (Lipinski definition) is 1. The molecule has 4 rings (SSSR count). The van der Waals surface area contributed by atoms with Crippen molar-refractivity contribution in [3.05, 3.63) is 100 Å². The van der Waals surface area contributed by atoms with E-state index in [1.807, 2.05) is 30.3 Å². The van der Waals surface area contributed by atoms with Gasteiger partial charge in [-0.15, -0.1) is 0 Å². The second kappa shape index (κ2) is 11.5. The number of hydrogen-bond acceptors (Lipinski definition) is 6. The average Bonchev–Trinajstić information content (AvgIpc) is 2.90. The SMILES string of the molecule is CCCCCOc1ccc(C(=O)Oc2ccc3c(c2)OC(N)=C(C#N)C3c2ccc(CC)cc2)cc1. The molecule has 0 amide bonds. The maximum atomic E-state index is 12.7. The lowest BCUT2D eigenvalue weighted by Crippen LogP contribution is -2.21. The van der Waals surface area contributed by atoms with Crippen molar-refractivity contribution in [1.29, 1.82) is 5.26 Å². The summed E-state index contributed by atoms with van der Waals surface area (Å²) >= 11 is 0. The molecule has 6 heteroatoms. The summed E-state index contributed by atoms with van der Waals surface area (Å²) in [4.78, 5) is 12.7. The lowest BCUT2D eigenvalue weighted by molar-refractivity contribution is 0.0734. The Morgan fingerprint density at radius 1 is 1.00 bits per heavy atom. The van der Waals surface area contributed by atoms with Gasteiger partial charge in [0, 0.05) is 11.6 Å². The fraction of sp³-hybridized carbons (Fsp3) is 0.267. The molecule has 0 bridgehead atoms. The van der Waals surface area contributed by atoms with Crippen LogP contribution in [0.4, 0.5) is 0 Å². The van der Waals surface area contributed by atoms with Gasteiger partial charge in [-0.1, -0.05) is 57.0 Å². The zero-order chi connectivity index (χ0) is 25.5. The highest BCUT2D eigenvalue weighted by atomic mass is 16.5. The molecular formula is C30H30N2O4. The van der Waals surface area contributed by atoms with Crippen LogP contribution in [0.5, 0.6) is 17.2 Å². The summed E-state index contributed by atoms with van der Waals surface area (Å²) in [6, 6.07) is 22.4. The molecule has 1 unspecified atom stereocenters. The fourth-order valence-electron chi connectivity index (χ4n) is 4.18. The molecule has 0 radical (unpaired) electrons. The van der Waals surface area contributed by atoms with Crippen LogP contribution in [0.15, 0.2) is 78.2 Å². The third-order valence-corrected chi connectivity index (χ3v) is 6.23. The Bertz CT molecular complexity index is 1290. The van der Waals surface area contributed by atoms with Crippen LogP contribution in [0, 0.1) is 11.3 Å². The molecule has 1 aliphatic rings. The first-order valence-corrected chi connectivity index (χ1v) is 12.3. The normalized spacial score (nSPS) is 14.4. The van der Waals surface area contributed by atoms with Crippen molar-refractivity contribution in [2.45, 2.75) is 45.4 Å². The molecule has 1 aliphatic heterocycles. The Balaban J connectivity index is 1.51. The molecule has 0 aromatic heterocycles. The summed E-state index contributed by atoms with van der Waals surface area (Å²) < 4.78 is 17.1. The Kier molecular flexibility index (Phi) is 7.92. The smallest absolute Gasteiger partial charge is 0.343 e. The molecule has 0 aliphatic carbocycles. The number of ether oxygens (including phenoxy) is 3. The van der Waals surface area contributed by atoms with Gasteiger partial charge in [0.05, 0.1) is 18.1 Å². The van der Waals surface area contributed by atoms with Gasteiger partial charge in [0.25, 0.3) is 0 Å². The molecule has 0 saturated carbocycles. The van der Waals surface area contributed by atoms with Crippen molar-refractivity contribution < 1.29 is 19.0 Å². The number of esters is 1. The van der Waals surface area contributed by atoms with Crippen LogP contribution in [0.1, 0.15) is 66.1 Å². The number of carbonyl (C=O) groups excluding carboxylic acids is 1. The van der Waals surface area contributed by atoms with Crippen LogP contribution in [0.3, 0.4) is 0 Å². The van der Waals surface area contributed by atoms with Crippen LogP contribution in [-0.2, 0) is 6.42 Å². The van der Waals surface area contributed by atoms with Gasteiger partial charge in [-0.25, -0.2) is 4.79 Å². The van der Waals surface area contributed by atoms with Crippen LogP contribution in [0.2, 0.25) is 0 Å². The van der Waals surface area contributed by atoms with E-state index in [-0.39, 0.29) is 11.8 Å². The monoisotopic (exact) mass is 482 g/mol. The van der Waals surface area contributed by atoms with E-state index in [9.17, 15) is 10.1 Å². The van der Waals surface area contributed by atoms with E-state index in [2.05, 4.69) is 19.9 Å². The number of rotatable bonds is 9. The lowest BCUT2D eigenvalue weighted by atomic mass is 9.83. The second-order valence-electron chi connectivity index (χ2n) is 8.69. The molecule has 0 fully saturated rings. The maximum Gasteiger partial charge on any atom is 0.343 e. The molecule has 3 aromatic rings. The maximum absolute atomic E-state index is 12.7. The van der Waals surface area contributed by atoms with Gasteiger partial charge < -0.3 is 19.9 Å². The highest BCUT2D eigenvalue weighted by Gasteiger charge is 2.31. The summed E-state index contributed by atoms with van der Waals surface area (Å²) in [5.41, 5.74) is 9.82. The standard InChI is InChI=1S/C30H30N2O4/c1-3-5-6-17-34-23-13-11-22(12-14-23)30(33)35-24-15-16-25-27(18-24)36-29(32)26(19-31)28(25)21-9-7-20(4-2)8-10-21/h7-16,18,28H,3-6,17,32H2,1-2H3. The van der Waals surface area contributed by atoms with Gasteiger partial charge in [-0.05, 0) is 54.3 Å². The summed E-state index contributed by atoms with van der Waals surface area (Å²) in [6.07, 6.45) is 4.19. The van der Waals surface area contributed by atoms with Gasteiger partial charge in [0.1, 0.15) is 28.9 Å². The van der Waals surface area contributed by atoms with E-state index in [0.717, 1.165) is 42.6 Å². The van der Waals surface area contributed by atoms with Crippen molar-refractivity contribution in [1.82, 2.24) is 0 Å². The van der Waals surface area contributed by atoms with Crippen LogP contribution in [0.25, 0.3) is 0 Å². The molecule has 2 N–H and O–H groups in total. The zero-order valence-corrected chi connectivity index (χ0v) is 20.6. The van der Waals surface area contributed by atoms with E-state index >= 15 is 0 Å². The van der Waals surface area contributed by atoms with Crippen LogP contribution >= 0.6 is 0 Å². The zero-order valence-electron chi connectivity index (χ0n) is 20.6. The number of fused-ring (bicyclic) bond motifs is 1. The first kappa shape index (κ1) is 24.9. The molecule has 0 spiro atoms. The largest absolute Gasteiger partial charge is 0.494 e. The summed E-state index contributed by atoms with van der Waals surface area (Å²) in [6.45, 7) is 4.90. The second-order valence-corrected chi connectivity index (χ2v) is 8.69. The minimum Gasteiger partial charge on any atom is -0.494 e. The van der Waals surface area contributed by atoms with Crippen molar-refractivity contribution in [2.24, 2.45) is 5.73 Å². The van der Waals surface area contributed by atoms with Crippen molar-refractivity contribution in [2.75, 3.05) is 6.61 Å². The summed E-state index contributed by atoms with van der Waals surface area (Å²) in [5.74, 6) is 0.700. The highest BCUT2D eigenvalue weighted by Crippen LogP contribution is 2.43. The minimum absolute atomic E-state index is 0.0487. The van der Waals surface area contributed by atoms with Crippen LogP contribution < -0.4 is 19.9 Å². The molecule has 1 heterocycles. The minimum atomic E-state index is -0.490. The van der Waals surface area contributed by atoms with Crippen LogP contribution in [-0.4, -0.2) is 12.6 Å². The fourth-order valence-corrected chi connectivity index (χ4v) is 4.18. The van der Waals surface area contributed by atoms with E-state index in [4.69, 9.17) is 19.9 Å². The Morgan fingerprint density at radius 3 is 2.39 bits per heavy atom. The van der Waals surface area contributed by atoms with Gasteiger partial charge >= 0.3 is 5.97 Å². The molecule has 6 nitrogen and oxygen atoms in total. The Hall–Kier alpha value is -4.24. The number of unbranched alkanes of at least 4 members (excludes halogenated alkanes) is 2. The van der Waals surface area contributed by atoms with E-state index in [0.29, 0.717) is 29.2 Å². The average molecular weight is 483 g/mol. The van der Waals surface area contributed by atoms with Gasteiger partial charge in [-0.2, -0.15) is 5.26 Å². The number of nitrogens with zero attached hydrogens (tertiary/aromatic N) is 1. The predicted octanol–water partition coefficient (Wildman–Crippen LogP) is 6.26. The van der Waals surface area contributed by atoms with E-state index in [1.54, 1.807) is 36.4 Å². The Morgan fingerprint density at radius 2 is 1.72 bits per heavy atom. The van der Waals surface area contributed by atoms with Gasteiger partial charge in [-0.3, -0.25) is 0 Å². The summed E-state index contributed by atoms with van der Waals surface area (Å²) in [7, 11) is 0. The molecule has 184 valence electrons. The van der Waals surface area contributed by atoms with E-state index < -0.39 is 5.97 Å². The molecule has 36 heavy (non-hydrogen) atoms. The topological polar surface area (TPSA) is 94.6 Å². The van der Waals surface area contributed by atoms with Crippen molar-refractivity contribution in [3.8, 4) is 23.3 Å². The number of allylic oxidation sites excluding steroid dienone is 1. The van der Waals surface area contributed by atoms with Crippen molar-refractivity contribution in [3.63, 3.8) is 0 Å². The van der Waals surface area contributed by atoms with E-state index in [1.165, 1.54) is 5.56 Å². The first-order chi connectivity index (χ1) is 17.5. The molecule has 3 aromatic carbocycles. The first-order valence-electron chi connectivity index (χ1n) is 12.3. The quantitative estimate of drug-likeness (QED) is 0.220. The predicted molar refractivity (Wildman–Crippen MR) is 138 cm³/mol. The third kappa shape index (κ3) is 5.52. The van der Waals surface area contributed by atoms with Gasteiger partial charge in [0.15, 0.2) is 0 Å².